The molecule has 1 rings (SSSR count). The van der Waals surface area contributed by atoms with Crippen LogP contribution in [-0.2, 0) is 9.53 Å². The van der Waals surface area contributed by atoms with Crippen LogP contribution in [0.2, 0.25) is 5.02 Å². The first kappa shape index (κ1) is 15.9. The molecular formula is C13H17ClN2O2S. The van der Waals surface area contributed by atoms with E-state index in [0.29, 0.717) is 16.3 Å². The third kappa shape index (κ3) is 5.55. The van der Waals surface area contributed by atoms with E-state index in [1.807, 2.05) is 20.8 Å². The number of anilines is 1. The minimum absolute atomic E-state index is 0.0309. The summed E-state index contributed by atoms with van der Waals surface area (Å²) in [6.07, 6.45) is 0. The highest BCUT2D eigenvalue weighted by Gasteiger charge is 2.14. The Bertz CT molecular complexity index is 498. The lowest BCUT2D eigenvalue weighted by Crippen LogP contribution is -2.27. The average molecular weight is 301 g/mol. The number of thiocarbonyl (C=S) groups is 1. The normalized spacial score (nSPS) is 11.2. The number of carbonyl (C=O) groups is 1. The zero-order valence-corrected chi connectivity index (χ0v) is 12.7. The van der Waals surface area contributed by atoms with Crippen LogP contribution < -0.4 is 11.1 Å². The molecule has 0 fully saturated rings. The molecule has 4 nitrogen and oxygen atoms in total. The molecule has 0 bridgehead atoms. The molecule has 0 aromatic heterocycles. The van der Waals surface area contributed by atoms with E-state index >= 15 is 0 Å². The molecule has 0 aliphatic carbocycles. The van der Waals surface area contributed by atoms with Gasteiger partial charge >= 0.3 is 0 Å². The Morgan fingerprint density at radius 2 is 2.11 bits per heavy atom. The predicted molar refractivity (Wildman–Crippen MR) is 81.7 cm³/mol. The van der Waals surface area contributed by atoms with Gasteiger partial charge in [-0.25, -0.2) is 0 Å². The fourth-order valence-electron chi connectivity index (χ4n) is 1.24. The molecule has 19 heavy (non-hydrogen) atoms. The van der Waals surface area contributed by atoms with Crippen molar-refractivity contribution in [2.75, 3.05) is 11.9 Å². The molecule has 1 amide bonds. The molecule has 104 valence electrons. The Balaban J connectivity index is 2.67. The Labute approximate surface area is 123 Å². The molecular weight excluding hydrogens is 284 g/mol. The maximum atomic E-state index is 11.7. The molecule has 0 aliphatic heterocycles. The van der Waals surface area contributed by atoms with Crippen molar-refractivity contribution in [2.45, 2.75) is 26.4 Å². The number of rotatable bonds is 4. The number of nitrogens with two attached hydrogens (primary N) is 1. The molecule has 0 saturated carbocycles. The molecule has 0 unspecified atom stereocenters. The van der Waals surface area contributed by atoms with Crippen LogP contribution in [0.3, 0.4) is 0 Å². The van der Waals surface area contributed by atoms with Crippen molar-refractivity contribution in [2.24, 2.45) is 5.73 Å². The number of hydrogen-bond donors (Lipinski definition) is 2. The lowest BCUT2D eigenvalue weighted by atomic mass is 10.2. The first-order valence-electron chi connectivity index (χ1n) is 5.72. The van der Waals surface area contributed by atoms with Crippen molar-refractivity contribution in [3.8, 4) is 0 Å². The van der Waals surface area contributed by atoms with Crippen molar-refractivity contribution < 1.29 is 9.53 Å². The van der Waals surface area contributed by atoms with Gasteiger partial charge in [0.05, 0.1) is 16.3 Å². The molecule has 1 aromatic rings. The maximum absolute atomic E-state index is 11.7. The summed E-state index contributed by atoms with van der Waals surface area (Å²) in [6.45, 7) is 5.61. The van der Waals surface area contributed by atoms with E-state index in [4.69, 9.17) is 34.3 Å². The molecule has 6 heteroatoms. The topological polar surface area (TPSA) is 64.3 Å². The number of hydrogen-bond acceptors (Lipinski definition) is 3. The Morgan fingerprint density at radius 1 is 1.47 bits per heavy atom. The fraction of sp³-hybridized carbons (Fsp3) is 0.385. The van der Waals surface area contributed by atoms with E-state index in [1.54, 1.807) is 18.2 Å². The van der Waals surface area contributed by atoms with Gasteiger partial charge in [0.2, 0.25) is 5.91 Å². The molecule has 0 atom stereocenters. The van der Waals surface area contributed by atoms with Gasteiger partial charge in [0.1, 0.15) is 11.6 Å². The van der Waals surface area contributed by atoms with E-state index in [-0.39, 0.29) is 23.1 Å². The van der Waals surface area contributed by atoms with Crippen LogP contribution in [-0.4, -0.2) is 23.1 Å². The number of carbonyl (C=O) groups excluding carboxylic acids is 1. The molecule has 0 saturated heterocycles. The summed E-state index contributed by atoms with van der Waals surface area (Å²) in [5, 5.41) is 3.05. The monoisotopic (exact) mass is 300 g/mol. The van der Waals surface area contributed by atoms with Crippen LogP contribution in [0.4, 0.5) is 5.69 Å². The summed E-state index contributed by atoms with van der Waals surface area (Å²) in [6, 6.07) is 4.98. The number of benzene rings is 1. The molecule has 0 spiro atoms. The van der Waals surface area contributed by atoms with Gasteiger partial charge in [0.15, 0.2) is 0 Å². The second-order valence-electron chi connectivity index (χ2n) is 5.01. The smallest absolute Gasteiger partial charge is 0.250 e. The average Bonchev–Trinajstić information content (AvgIpc) is 2.28. The zero-order chi connectivity index (χ0) is 14.6. The zero-order valence-electron chi connectivity index (χ0n) is 11.1. The largest absolute Gasteiger partial charge is 0.389 e. The summed E-state index contributed by atoms with van der Waals surface area (Å²) in [7, 11) is 0. The number of amides is 1. The van der Waals surface area contributed by atoms with Gasteiger partial charge < -0.3 is 15.8 Å². The number of halogens is 1. The van der Waals surface area contributed by atoms with Gasteiger partial charge in [-0.2, -0.15) is 0 Å². The first-order chi connectivity index (χ1) is 8.69. The minimum atomic E-state index is -0.364. The second-order valence-corrected chi connectivity index (χ2v) is 5.86. The first-order valence-corrected chi connectivity index (χ1v) is 6.51. The summed E-state index contributed by atoms with van der Waals surface area (Å²) in [4.78, 5) is 11.9. The minimum Gasteiger partial charge on any atom is -0.389 e. The van der Waals surface area contributed by atoms with Gasteiger partial charge in [-0.05, 0) is 39.0 Å². The molecule has 0 radical (unpaired) electrons. The van der Waals surface area contributed by atoms with Crippen molar-refractivity contribution in [1.82, 2.24) is 0 Å². The van der Waals surface area contributed by atoms with Gasteiger partial charge in [0, 0.05) is 5.56 Å². The van der Waals surface area contributed by atoms with Crippen LogP contribution in [0, 0.1) is 0 Å². The van der Waals surface area contributed by atoms with Gasteiger partial charge in [-0.15, -0.1) is 0 Å². The molecule has 1 aromatic carbocycles. The summed E-state index contributed by atoms with van der Waals surface area (Å²) >= 11 is 10.9. The van der Waals surface area contributed by atoms with Crippen molar-refractivity contribution in [3.63, 3.8) is 0 Å². The van der Waals surface area contributed by atoms with E-state index in [1.165, 1.54) is 0 Å². The van der Waals surface area contributed by atoms with Gasteiger partial charge in [-0.1, -0.05) is 23.8 Å². The number of nitrogens with one attached hydrogen (secondary N) is 1. The van der Waals surface area contributed by atoms with Crippen LogP contribution >= 0.6 is 23.8 Å². The van der Waals surface area contributed by atoms with Crippen molar-refractivity contribution >= 4 is 40.4 Å². The quantitative estimate of drug-likeness (QED) is 0.839. The summed E-state index contributed by atoms with van der Waals surface area (Å²) in [5.41, 5.74) is 6.29. The SMILES string of the molecule is CC(C)(C)OCC(=O)Nc1ccc(C(N)=S)cc1Cl. The third-order valence-corrected chi connectivity index (χ3v) is 2.71. The lowest BCUT2D eigenvalue weighted by Gasteiger charge is -2.19. The second kappa shape index (κ2) is 6.32. The van der Waals surface area contributed by atoms with Crippen molar-refractivity contribution in [1.29, 1.82) is 0 Å². The Morgan fingerprint density at radius 3 is 2.58 bits per heavy atom. The highest BCUT2D eigenvalue weighted by atomic mass is 35.5. The van der Waals surface area contributed by atoms with Crippen LogP contribution in [0.5, 0.6) is 0 Å². The predicted octanol–water partition coefficient (Wildman–Crippen LogP) is 2.73. The highest BCUT2D eigenvalue weighted by Crippen LogP contribution is 2.23. The summed E-state index contributed by atoms with van der Waals surface area (Å²) in [5.74, 6) is -0.264. The van der Waals surface area contributed by atoms with Gasteiger partial charge in [0.25, 0.3) is 0 Å². The Hall–Kier alpha value is -1.17. The van der Waals surface area contributed by atoms with Gasteiger partial charge in [-0.3, -0.25) is 4.79 Å². The standard InChI is InChI=1S/C13H17ClN2O2S/c1-13(2,3)18-7-11(17)16-10-5-4-8(12(15)19)6-9(10)14/h4-6H,7H2,1-3H3,(H2,15,19)(H,16,17). The highest BCUT2D eigenvalue weighted by molar-refractivity contribution is 7.80. The van der Waals surface area contributed by atoms with E-state index in [9.17, 15) is 4.79 Å². The van der Waals surface area contributed by atoms with E-state index in [0.717, 1.165) is 0 Å². The molecule has 0 aliphatic rings. The van der Waals surface area contributed by atoms with Crippen molar-refractivity contribution in [3.05, 3.63) is 28.8 Å². The molecule has 0 heterocycles. The maximum Gasteiger partial charge on any atom is 0.250 e. The van der Waals surface area contributed by atoms with E-state index < -0.39 is 0 Å². The van der Waals surface area contributed by atoms with Crippen LogP contribution in [0.15, 0.2) is 18.2 Å². The fourth-order valence-corrected chi connectivity index (χ4v) is 1.59. The van der Waals surface area contributed by atoms with Crippen LogP contribution in [0.25, 0.3) is 0 Å². The lowest BCUT2D eigenvalue weighted by molar-refractivity contribution is -0.125. The Kier molecular flexibility index (Phi) is 5.29. The van der Waals surface area contributed by atoms with E-state index in [2.05, 4.69) is 5.32 Å². The molecule has 3 N–H and O–H groups in total. The summed E-state index contributed by atoms with van der Waals surface area (Å²) < 4.78 is 5.37. The van der Waals surface area contributed by atoms with Crippen LogP contribution in [0.1, 0.15) is 26.3 Å². The third-order valence-electron chi connectivity index (χ3n) is 2.16. The number of ether oxygens (including phenoxy) is 1.